The van der Waals surface area contributed by atoms with Gasteiger partial charge in [-0.15, -0.1) is 0 Å². The summed E-state index contributed by atoms with van der Waals surface area (Å²) in [5.41, 5.74) is 0.551. The van der Waals surface area contributed by atoms with Gasteiger partial charge in [-0.3, -0.25) is 18.8 Å². The highest BCUT2D eigenvalue weighted by molar-refractivity contribution is 5.71. The molecule has 1 atom stereocenters. The average molecular weight is 432 g/mol. The van der Waals surface area contributed by atoms with E-state index in [0.717, 1.165) is 38.3 Å². The molecule has 0 saturated carbocycles. The molecule has 1 unspecified atom stereocenters. The van der Waals surface area contributed by atoms with Gasteiger partial charge in [0.2, 0.25) is 0 Å². The highest BCUT2D eigenvalue weighted by Gasteiger charge is 2.24. The van der Waals surface area contributed by atoms with Crippen LogP contribution < -0.4 is 11.2 Å². The van der Waals surface area contributed by atoms with Crippen LogP contribution in [0.3, 0.4) is 0 Å². The molecule has 3 heterocycles. The number of imidazole rings is 1. The third kappa shape index (κ3) is 5.48. The van der Waals surface area contributed by atoms with Crippen molar-refractivity contribution in [2.24, 2.45) is 14.1 Å². The molecule has 174 valence electrons. The second-order valence-electron chi connectivity index (χ2n) is 9.35. The minimum Gasteiger partial charge on any atom is -0.321 e. The second-order valence-corrected chi connectivity index (χ2v) is 9.35. The maximum Gasteiger partial charge on any atom is 0.332 e. The third-order valence-corrected chi connectivity index (χ3v) is 6.95. The summed E-state index contributed by atoms with van der Waals surface area (Å²) < 4.78 is 4.83. The third-order valence-electron chi connectivity index (χ3n) is 6.95. The van der Waals surface area contributed by atoms with E-state index in [1.165, 1.54) is 66.9 Å². The van der Waals surface area contributed by atoms with Crippen molar-refractivity contribution in [1.82, 2.24) is 23.6 Å². The molecule has 0 spiro atoms. The molecule has 7 nitrogen and oxygen atoms in total. The minimum atomic E-state index is -0.313. The molecule has 0 amide bonds. The van der Waals surface area contributed by atoms with Gasteiger partial charge in [0.05, 0.1) is 6.54 Å². The number of hydrogen-bond donors (Lipinski definition) is 0. The molecule has 2 aromatic rings. The Balaban J connectivity index is 1.80. The molecule has 3 rings (SSSR count). The fraction of sp³-hybridized carbons (Fsp3) is 0.792. The lowest BCUT2D eigenvalue weighted by Crippen LogP contribution is -2.38. The van der Waals surface area contributed by atoms with Crippen LogP contribution in [-0.4, -0.2) is 36.2 Å². The topological polar surface area (TPSA) is 65.1 Å². The Morgan fingerprint density at radius 2 is 1.61 bits per heavy atom. The highest BCUT2D eigenvalue weighted by Crippen LogP contribution is 2.21. The molecule has 31 heavy (non-hydrogen) atoms. The van der Waals surface area contributed by atoms with E-state index in [0.29, 0.717) is 17.2 Å². The average Bonchev–Trinajstić information content (AvgIpc) is 3.12. The monoisotopic (exact) mass is 431 g/mol. The number of nitrogens with zero attached hydrogens (tertiary/aromatic N) is 5. The van der Waals surface area contributed by atoms with Crippen molar-refractivity contribution < 1.29 is 0 Å². The first-order chi connectivity index (χ1) is 15.0. The molecular formula is C24H41N5O2. The van der Waals surface area contributed by atoms with E-state index in [1.807, 2.05) is 0 Å². The van der Waals surface area contributed by atoms with E-state index in [-0.39, 0.29) is 11.2 Å². The maximum atomic E-state index is 13.0. The molecule has 0 bridgehead atoms. The number of hydrogen-bond acceptors (Lipinski definition) is 4. The van der Waals surface area contributed by atoms with Gasteiger partial charge in [0.15, 0.2) is 11.2 Å². The van der Waals surface area contributed by atoms with Gasteiger partial charge in [-0.25, -0.2) is 9.78 Å². The van der Waals surface area contributed by atoms with E-state index >= 15 is 0 Å². The Kier molecular flexibility index (Phi) is 8.52. The number of piperidine rings is 1. The summed E-state index contributed by atoms with van der Waals surface area (Å²) in [4.78, 5) is 32.7. The van der Waals surface area contributed by atoms with E-state index in [9.17, 15) is 9.59 Å². The van der Waals surface area contributed by atoms with Crippen molar-refractivity contribution in [1.29, 1.82) is 0 Å². The molecule has 7 heteroatoms. The fourth-order valence-corrected chi connectivity index (χ4v) is 4.83. The lowest BCUT2D eigenvalue weighted by atomic mass is 10.0. The van der Waals surface area contributed by atoms with Crippen molar-refractivity contribution in [3.63, 3.8) is 0 Å². The Hall–Kier alpha value is -1.89. The van der Waals surface area contributed by atoms with E-state index in [2.05, 4.69) is 23.3 Å². The van der Waals surface area contributed by atoms with Crippen LogP contribution in [0.5, 0.6) is 0 Å². The molecule has 0 N–H and O–H groups in total. The van der Waals surface area contributed by atoms with Crippen LogP contribution in [-0.2, 0) is 27.2 Å². The van der Waals surface area contributed by atoms with Gasteiger partial charge in [-0.05, 0) is 32.7 Å². The zero-order valence-electron chi connectivity index (χ0n) is 20.0. The number of likely N-dealkylation sites (tertiary alicyclic amines) is 1. The number of rotatable bonds is 11. The highest BCUT2D eigenvalue weighted by atomic mass is 16.2. The molecular weight excluding hydrogens is 390 g/mol. The molecule has 2 aromatic heterocycles. The summed E-state index contributed by atoms with van der Waals surface area (Å²) in [6, 6.07) is 0.525. The van der Waals surface area contributed by atoms with Gasteiger partial charge in [-0.1, -0.05) is 58.3 Å². The summed E-state index contributed by atoms with van der Waals surface area (Å²) in [6.07, 6.45) is 13.7. The van der Waals surface area contributed by atoms with Gasteiger partial charge in [0.1, 0.15) is 5.82 Å². The molecule has 0 aromatic carbocycles. The van der Waals surface area contributed by atoms with Crippen molar-refractivity contribution in [2.45, 2.75) is 104 Å². The predicted molar refractivity (Wildman–Crippen MR) is 127 cm³/mol. The van der Waals surface area contributed by atoms with Gasteiger partial charge in [0, 0.05) is 26.7 Å². The first kappa shape index (κ1) is 23.8. The van der Waals surface area contributed by atoms with Crippen molar-refractivity contribution in [3.8, 4) is 0 Å². The van der Waals surface area contributed by atoms with Gasteiger partial charge in [-0.2, -0.15) is 0 Å². The molecule has 1 saturated heterocycles. The van der Waals surface area contributed by atoms with Crippen molar-refractivity contribution in [3.05, 3.63) is 26.7 Å². The normalized spacial score (nSPS) is 17.6. The second kappa shape index (κ2) is 11.1. The summed E-state index contributed by atoms with van der Waals surface area (Å²) in [6.45, 7) is 7.12. The molecule has 1 aliphatic rings. The van der Waals surface area contributed by atoms with Crippen molar-refractivity contribution in [2.75, 3.05) is 6.54 Å². The van der Waals surface area contributed by atoms with Crippen LogP contribution in [0.25, 0.3) is 11.2 Å². The van der Waals surface area contributed by atoms with E-state index in [4.69, 9.17) is 4.98 Å². The fourth-order valence-electron chi connectivity index (χ4n) is 4.83. The predicted octanol–water partition coefficient (Wildman–Crippen LogP) is 3.95. The van der Waals surface area contributed by atoms with Gasteiger partial charge < -0.3 is 4.57 Å². The van der Waals surface area contributed by atoms with Gasteiger partial charge >= 0.3 is 5.69 Å². The molecule has 1 aliphatic heterocycles. The minimum absolute atomic E-state index is 0.233. The van der Waals surface area contributed by atoms with Gasteiger partial charge in [0.25, 0.3) is 5.56 Å². The van der Waals surface area contributed by atoms with Crippen molar-refractivity contribution >= 4 is 11.2 Å². The zero-order valence-corrected chi connectivity index (χ0v) is 20.0. The quantitative estimate of drug-likeness (QED) is 0.505. The first-order valence-electron chi connectivity index (χ1n) is 12.3. The largest absolute Gasteiger partial charge is 0.332 e. The van der Waals surface area contributed by atoms with Crippen LogP contribution in [0.4, 0.5) is 0 Å². The SMILES string of the molecule is CCCCCCCCCCn1c(CN2CCCCC2C)nc2c1c(=O)n(C)c(=O)n2C. The summed E-state index contributed by atoms with van der Waals surface area (Å²) >= 11 is 0. The number of aromatic nitrogens is 4. The Bertz CT molecular complexity index is 971. The summed E-state index contributed by atoms with van der Waals surface area (Å²) in [5.74, 6) is 0.921. The standard InChI is InChI=1S/C24H41N5O2/c1-5-6-7-8-9-10-11-13-17-29-20(18-28-16-14-12-15-19(28)2)25-22-21(29)23(30)27(4)24(31)26(22)3/h19H,5-18H2,1-4H3. The van der Waals surface area contributed by atoms with E-state index in [1.54, 1.807) is 14.1 Å². The lowest BCUT2D eigenvalue weighted by Gasteiger charge is -2.33. The summed E-state index contributed by atoms with van der Waals surface area (Å²) in [7, 11) is 3.27. The maximum absolute atomic E-state index is 13.0. The van der Waals surface area contributed by atoms with Crippen LogP contribution in [0, 0.1) is 0 Å². The molecule has 0 aliphatic carbocycles. The number of unbranched alkanes of at least 4 members (excludes halogenated alkanes) is 7. The number of aryl methyl sites for hydroxylation is 2. The summed E-state index contributed by atoms with van der Waals surface area (Å²) in [5, 5.41) is 0. The first-order valence-corrected chi connectivity index (χ1v) is 12.3. The Labute approximate surface area is 186 Å². The smallest absolute Gasteiger partial charge is 0.321 e. The van der Waals surface area contributed by atoms with Crippen LogP contribution >= 0.6 is 0 Å². The zero-order chi connectivity index (χ0) is 22.4. The van der Waals surface area contributed by atoms with E-state index < -0.39 is 0 Å². The van der Waals surface area contributed by atoms with Crippen LogP contribution in [0.1, 0.15) is 90.3 Å². The molecule has 1 fully saturated rings. The Morgan fingerprint density at radius 3 is 2.29 bits per heavy atom. The lowest BCUT2D eigenvalue weighted by molar-refractivity contribution is 0.147. The molecule has 0 radical (unpaired) electrons. The van der Waals surface area contributed by atoms with Crippen LogP contribution in [0.2, 0.25) is 0 Å². The van der Waals surface area contributed by atoms with Crippen LogP contribution in [0.15, 0.2) is 9.59 Å². The Morgan fingerprint density at radius 1 is 0.935 bits per heavy atom. The number of fused-ring (bicyclic) bond motifs is 1.